The van der Waals surface area contributed by atoms with Gasteiger partial charge in [0.25, 0.3) is 0 Å². The van der Waals surface area contributed by atoms with Gasteiger partial charge in [-0.15, -0.1) is 0 Å². The first-order chi connectivity index (χ1) is 7.31. The first kappa shape index (κ1) is 9.58. The number of carbonyl (C=O) groups is 1. The average Bonchev–Trinajstić information content (AvgIpc) is 2.29. The van der Waals surface area contributed by atoms with Crippen LogP contribution in [-0.4, -0.2) is 12.6 Å². The molecule has 0 aliphatic carbocycles. The quantitative estimate of drug-likeness (QED) is 0.723. The summed E-state index contributed by atoms with van der Waals surface area (Å²) >= 11 is 0. The van der Waals surface area contributed by atoms with Crippen molar-refractivity contribution >= 4 is 17.3 Å². The summed E-state index contributed by atoms with van der Waals surface area (Å²) in [7, 11) is 0. The molecule has 0 aromatic heterocycles. The standard InChI is InChI=1S/C11H12N2O2/c1-2-15-11(14)10-7-12-8-5-3-4-6-9(8)13-10/h3-7,12-13H,2H2,1H3. The van der Waals surface area contributed by atoms with Gasteiger partial charge < -0.3 is 15.4 Å². The highest BCUT2D eigenvalue weighted by Crippen LogP contribution is 2.26. The normalized spacial score (nSPS) is 13.0. The fourth-order valence-electron chi connectivity index (χ4n) is 1.37. The molecule has 0 atom stereocenters. The van der Waals surface area contributed by atoms with E-state index in [4.69, 9.17) is 4.74 Å². The summed E-state index contributed by atoms with van der Waals surface area (Å²) in [6, 6.07) is 7.66. The number of benzene rings is 1. The third kappa shape index (κ3) is 1.93. The zero-order chi connectivity index (χ0) is 10.7. The van der Waals surface area contributed by atoms with Crippen molar-refractivity contribution in [2.75, 3.05) is 17.2 Å². The molecule has 4 nitrogen and oxygen atoms in total. The molecule has 0 spiro atoms. The number of esters is 1. The van der Waals surface area contributed by atoms with Gasteiger partial charge in [0.15, 0.2) is 0 Å². The van der Waals surface area contributed by atoms with E-state index in [0.717, 1.165) is 11.4 Å². The average molecular weight is 204 g/mol. The maximum Gasteiger partial charge on any atom is 0.356 e. The lowest BCUT2D eigenvalue weighted by Gasteiger charge is -2.18. The maximum absolute atomic E-state index is 11.4. The van der Waals surface area contributed by atoms with Crippen molar-refractivity contribution in [1.82, 2.24) is 0 Å². The van der Waals surface area contributed by atoms with Gasteiger partial charge in [0.2, 0.25) is 0 Å². The molecule has 0 amide bonds. The Morgan fingerprint density at radius 2 is 2.07 bits per heavy atom. The van der Waals surface area contributed by atoms with Crippen molar-refractivity contribution in [2.24, 2.45) is 0 Å². The Labute approximate surface area is 87.9 Å². The third-order valence-electron chi connectivity index (χ3n) is 2.06. The molecule has 78 valence electrons. The van der Waals surface area contributed by atoms with Crippen LogP contribution in [0.2, 0.25) is 0 Å². The van der Waals surface area contributed by atoms with E-state index >= 15 is 0 Å². The molecule has 0 unspecified atom stereocenters. The summed E-state index contributed by atoms with van der Waals surface area (Å²) in [5.74, 6) is -0.348. The van der Waals surface area contributed by atoms with Gasteiger partial charge in [0, 0.05) is 6.20 Å². The second-order valence-electron chi connectivity index (χ2n) is 3.09. The summed E-state index contributed by atoms with van der Waals surface area (Å²) in [5, 5.41) is 6.03. The Morgan fingerprint density at radius 3 is 2.80 bits per heavy atom. The van der Waals surface area contributed by atoms with Gasteiger partial charge in [-0.1, -0.05) is 12.1 Å². The molecular formula is C11H12N2O2. The molecule has 0 saturated carbocycles. The monoisotopic (exact) mass is 204 g/mol. The summed E-state index contributed by atoms with van der Waals surface area (Å²) < 4.78 is 4.89. The number of hydrogen-bond donors (Lipinski definition) is 2. The second kappa shape index (κ2) is 4.04. The molecule has 15 heavy (non-hydrogen) atoms. The molecule has 0 saturated heterocycles. The van der Waals surface area contributed by atoms with Crippen LogP contribution in [0.15, 0.2) is 36.2 Å². The lowest BCUT2D eigenvalue weighted by Crippen LogP contribution is -2.19. The predicted molar refractivity (Wildman–Crippen MR) is 58.4 cm³/mol. The number of para-hydroxylation sites is 2. The van der Waals surface area contributed by atoms with E-state index in [2.05, 4.69) is 10.6 Å². The molecule has 2 rings (SSSR count). The van der Waals surface area contributed by atoms with Crippen LogP contribution in [0.1, 0.15) is 6.92 Å². The lowest BCUT2D eigenvalue weighted by atomic mass is 10.2. The van der Waals surface area contributed by atoms with Crippen molar-refractivity contribution in [2.45, 2.75) is 6.92 Å². The summed E-state index contributed by atoms with van der Waals surface area (Å²) in [6.07, 6.45) is 1.61. The molecule has 2 N–H and O–H groups in total. The van der Waals surface area contributed by atoms with Crippen molar-refractivity contribution < 1.29 is 9.53 Å². The highest BCUT2D eigenvalue weighted by atomic mass is 16.5. The number of fused-ring (bicyclic) bond motifs is 1. The highest BCUT2D eigenvalue weighted by molar-refractivity contribution is 5.95. The maximum atomic E-state index is 11.4. The molecule has 0 radical (unpaired) electrons. The zero-order valence-electron chi connectivity index (χ0n) is 8.41. The number of hydrogen-bond acceptors (Lipinski definition) is 4. The van der Waals surface area contributed by atoms with E-state index in [-0.39, 0.29) is 5.97 Å². The van der Waals surface area contributed by atoms with E-state index in [1.807, 2.05) is 24.3 Å². The first-order valence-electron chi connectivity index (χ1n) is 4.81. The lowest BCUT2D eigenvalue weighted by molar-refractivity contribution is -0.138. The minimum atomic E-state index is -0.348. The Hall–Kier alpha value is -1.97. The Bertz CT molecular complexity index is 413. The summed E-state index contributed by atoms with van der Waals surface area (Å²) in [5.41, 5.74) is 2.25. The van der Waals surface area contributed by atoms with Crippen LogP contribution in [0.4, 0.5) is 11.4 Å². The number of ether oxygens (including phenoxy) is 1. The number of carbonyl (C=O) groups excluding carboxylic acids is 1. The molecule has 0 fully saturated rings. The Morgan fingerprint density at radius 1 is 1.33 bits per heavy atom. The minimum absolute atomic E-state index is 0.348. The van der Waals surface area contributed by atoms with E-state index in [9.17, 15) is 4.79 Å². The van der Waals surface area contributed by atoms with Gasteiger partial charge in [-0.25, -0.2) is 4.79 Å². The topological polar surface area (TPSA) is 50.4 Å². The van der Waals surface area contributed by atoms with Crippen molar-refractivity contribution in [3.8, 4) is 0 Å². The van der Waals surface area contributed by atoms with Gasteiger partial charge in [-0.2, -0.15) is 0 Å². The van der Waals surface area contributed by atoms with Gasteiger partial charge in [0.05, 0.1) is 18.0 Å². The van der Waals surface area contributed by atoms with Crippen LogP contribution < -0.4 is 10.6 Å². The predicted octanol–water partition coefficient (Wildman–Crippen LogP) is 1.93. The van der Waals surface area contributed by atoms with E-state index < -0.39 is 0 Å². The van der Waals surface area contributed by atoms with Crippen LogP contribution in [0.5, 0.6) is 0 Å². The van der Waals surface area contributed by atoms with Gasteiger partial charge in [-0.3, -0.25) is 0 Å². The highest BCUT2D eigenvalue weighted by Gasteiger charge is 2.15. The van der Waals surface area contributed by atoms with E-state index in [1.54, 1.807) is 13.1 Å². The SMILES string of the molecule is CCOC(=O)C1=CNc2ccccc2N1. The van der Waals surface area contributed by atoms with Crippen molar-refractivity contribution in [1.29, 1.82) is 0 Å². The Balaban J connectivity index is 2.16. The first-order valence-corrected chi connectivity index (χ1v) is 4.81. The molecule has 1 aromatic carbocycles. The molecule has 1 aromatic rings. The number of rotatable bonds is 2. The van der Waals surface area contributed by atoms with Crippen LogP contribution >= 0.6 is 0 Å². The van der Waals surface area contributed by atoms with Gasteiger partial charge in [-0.05, 0) is 19.1 Å². The molecule has 0 bridgehead atoms. The van der Waals surface area contributed by atoms with Crippen LogP contribution in [0.3, 0.4) is 0 Å². The van der Waals surface area contributed by atoms with E-state index in [1.165, 1.54) is 0 Å². The van der Waals surface area contributed by atoms with E-state index in [0.29, 0.717) is 12.3 Å². The number of anilines is 2. The smallest absolute Gasteiger partial charge is 0.356 e. The molecule has 4 heteroatoms. The summed E-state index contributed by atoms with van der Waals surface area (Å²) in [4.78, 5) is 11.4. The van der Waals surface area contributed by atoms with Crippen LogP contribution in [0, 0.1) is 0 Å². The molecule has 1 aliphatic rings. The molecule has 1 heterocycles. The van der Waals surface area contributed by atoms with Crippen LogP contribution in [-0.2, 0) is 9.53 Å². The van der Waals surface area contributed by atoms with Crippen molar-refractivity contribution in [3.05, 3.63) is 36.2 Å². The minimum Gasteiger partial charge on any atom is -0.461 e. The summed E-state index contributed by atoms with van der Waals surface area (Å²) in [6.45, 7) is 2.15. The van der Waals surface area contributed by atoms with Crippen LogP contribution in [0.25, 0.3) is 0 Å². The largest absolute Gasteiger partial charge is 0.461 e. The fourth-order valence-corrected chi connectivity index (χ4v) is 1.37. The molecule has 1 aliphatic heterocycles. The second-order valence-corrected chi connectivity index (χ2v) is 3.09. The third-order valence-corrected chi connectivity index (χ3v) is 2.06. The van der Waals surface area contributed by atoms with Gasteiger partial charge in [0.1, 0.15) is 5.70 Å². The zero-order valence-corrected chi connectivity index (χ0v) is 8.41. The number of nitrogens with one attached hydrogen (secondary N) is 2. The van der Waals surface area contributed by atoms with Crippen molar-refractivity contribution in [3.63, 3.8) is 0 Å². The fraction of sp³-hybridized carbons (Fsp3) is 0.182. The molecular weight excluding hydrogens is 192 g/mol. The Kier molecular flexibility index (Phi) is 2.58. The van der Waals surface area contributed by atoms with Gasteiger partial charge >= 0.3 is 5.97 Å².